The first-order chi connectivity index (χ1) is 8.60. The fourth-order valence-electron chi connectivity index (χ4n) is 2.30. The molecule has 5 nitrogen and oxygen atoms in total. The van der Waals surface area contributed by atoms with E-state index in [2.05, 4.69) is 5.32 Å². The van der Waals surface area contributed by atoms with Crippen LogP contribution in [0, 0.1) is 5.92 Å². The highest BCUT2D eigenvalue weighted by molar-refractivity contribution is 5.85. The van der Waals surface area contributed by atoms with Gasteiger partial charge in [0.1, 0.15) is 6.04 Å². The number of rotatable bonds is 7. The molecule has 0 aromatic carbocycles. The highest BCUT2D eigenvalue weighted by Gasteiger charge is 2.34. The van der Waals surface area contributed by atoms with Gasteiger partial charge in [-0.3, -0.25) is 4.79 Å². The molecule has 0 aromatic rings. The van der Waals surface area contributed by atoms with Gasteiger partial charge in [-0.05, 0) is 19.3 Å². The van der Waals surface area contributed by atoms with Gasteiger partial charge < -0.3 is 15.2 Å². The number of aliphatic carboxylic acids is 1. The monoisotopic (exact) mass is 257 g/mol. The minimum absolute atomic E-state index is 0.0642. The molecule has 0 aromatic heterocycles. The second kappa shape index (κ2) is 7.36. The van der Waals surface area contributed by atoms with E-state index in [4.69, 9.17) is 9.84 Å². The molecule has 0 radical (unpaired) electrons. The topological polar surface area (TPSA) is 75.6 Å². The molecule has 0 bridgehead atoms. The predicted octanol–water partition coefficient (Wildman–Crippen LogP) is 1.56. The quantitative estimate of drug-likeness (QED) is 0.725. The number of carbonyl (C=O) groups is 2. The number of hydrogen-bond donors (Lipinski definition) is 2. The van der Waals surface area contributed by atoms with Gasteiger partial charge in [-0.2, -0.15) is 0 Å². The lowest BCUT2D eigenvalue weighted by molar-refractivity contribution is -0.143. The van der Waals surface area contributed by atoms with Gasteiger partial charge in [0.2, 0.25) is 5.91 Å². The summed E-state index contributed by atoms with van der Waals surface area (Å²) in [6, 6.07) is -0.768. The Labute approximate surface area is 108 Å². The van der Waals surface area contributed by atoms with Gasteiger partial charge in [0.25, 0.3) is 0 Å². The molecule has 5 heteroatoms. The largest absolute Gasteiger partial charge is 0.480 e. The molecular weight excluding hydrogens is 234 g/mol. The molecule has 104 valence electrons. The van der Waals surface area contributed by atoms with Crippen molar-refractivity contribution in [3.05, 3.63) is 0 Å². The first kappa shape index (κ1) is 15.0. The lowest BCUT2D eigenvalue weighted by Crippen LogP contribution is -2.45. The Bertz CT molecular complexity index is 293. The second-order valence-electron chi connectivity index (χ2n) is 4.75. The zero-order valence-electron chi connectivity index (χ0n) is 11.1. The van der Waals surface area contributed by atoms with Crippen molar-refractivity contribution >= 4 is 11.9 Å². The Hall–Kier alpha value is -1.10. The van der Waals surface area contributed by atoms with Crippen LogP contribution in [0.2, 0.25) is 0 Å². The number of unbranched alkanes of at least 4 members (excludes halogenated alkanes) is 1. The van der Waals surface area contributed by atoms with Crippen LogP contribution in [0.3, 0.4) is 0 Å². The maximum Gasteiger partial charge on any atom is 0.326 e. The molecule has 1 aliphatic heterocycles. The van der Waals surface area contributed by atoms with Crippen LogP contribution < -0.4 is 5.32 Å². The van der Waals surface area contributed by atoms with Crippen LogP contribution in [-0.4, -0.2) is 35.7 Å². The van der Waals surface area contributed by atoms with Gasteiger partial charge in [-0.1, -0.05) is 26.7 Å². The first-order valence-corrected chi connectivity index (χ1v) is 6.74. The normalized spacial score (nSPS) is 24.8. The molecule has 3 atom stereocenters. The van der Waals surface area contributed by atoms with Crippen LogP contribution in [-0.2, 0) is 14.3 Å². The van der Waals surface area contributed by atoms with Crippen molar-refractivity contribution in [2.24, 2.45) is 5.92 Å². The van der Waals surface area contributed by atoms with Crippen molar-refractivity contribution in [1.82, 2.24) is 5.32 Å². The standard InChI is InChI=1S/C13H23NO4/c1-3-5-6-10(13(16)17)14-12(15)9-7-8-18-11(9)4-2/h9-11H,3-8H2,1-2H3,(H,14,15)(H,16,17)/t9?,10-,11?/m0/s1. The zero-order chi connectivity index (χ0) is 13.5. The van der Waals surface area contributed by atoms with Crippen LogP contribution in [0.15, 0.2) is 0 Å². The van der Waals surface area contributed by atoms with Crippen molar-refractivity contribution in [2.45, 2.75) is 58.1 Å². The van der Waals surface area contributed by atoms with Crippen LogP contribution in [0.4, 0.5) is 0 Å². The number of hydrogen-bond acceptors (Lipinski definition) is 3. The van der Waals surface area contributed by atoms with Gasteiger partial charge in [-0.15, -0.1) is 0 Å². The van der Waals surface area contributed by atoms with Crippen LogP contribution >= 0.6 is 0 Å². The molecule has 1 saturated heterocycles. The van der Waals surface area contributed by atoms with E-state index in [1.54, 1.807) is 0 Å². The van der Waals surface area contributed by atoms with Gasteiger partial charge >= 0.3 is 5.97 Å². The molecular formula is C13H23NO4. The van der Waals surface area contributed by atoms with E-state index in [0.717, 1.165) is 19.3 Å². The van der Waals surface area contributed by atoms with Crippen molar-refractivity contribution in [3.8, 4) is 0 Å². The van der Waals surface area contributed by atoms with Crippen molar-refractivity contribution < 1.29 is 19.4 Å². The summed E-state index contributed by atoms with van der Waals surface area (Å²) < 4.78 is 5.45. The first-order valence-electron chi connectivity index (χ1n) is 6.74. The number of ether oxygens (including phenoxy) is 1. The number of amides is 1. The number of carbonyl (C=O) groups excluding carboxylic acids is 1. The maximum absolute atomic E-state index is 12.0. The SMILES string of the molecule is CCCC[C@H](NC(=O)C1CCOC1CC)C(=O)O. The van der Waals surface area contributed by atoms with E-state index in [9.17, 15) is 9.59 Å². The minimum Gasteiger partial charge on any atom is -0.480 e. The Kier molecular flexibility index (Phi) is 6.12. The minimum atomic E-state index is -0.955. The number of nitrogens with one attached hydrogen (secondary N) is 1. The second-order valence-corrected chi connectivity index (χ2v) is 4.75. The fraction of sp³-hybridized carbons (Fsp3) is 0.846. The summed E-state index contributed by atoms with van der Waals surface area (Å²) in [6.07, 6.45) is 3.61. The van der Waals surface area contributed by atoms with E-state index < -0.39 is 12.0 Å². The van der Waals surface area contributed by atoms with E-state index in [-0.39, 0.29) is 17.9 Å². The summed E-state index contributed by atoms with van der Waals surface area (Å²) in [5.41, 5.74) is 0. The highest BCUT2D eigenvalue weighted by Crippen LogP contribution is 2.23. The smallest absolute Gasteiger partial charge is 0.326 e. The third-order valence-electron chi connectivity index (χ3n) is 3.41. The molecule has 1 amide bonds. The number of carboxylic acids is 1. The Morgan fingerprint density at radius 3 is 2.72 bits per heavy atom. The number of carboxylic acid groups (broad SMARTS) is 1. The molecule has 1 heterocycles. The Balaban J connectivity index is 2.52. The van der Waals surface area contributed by atoms with Gasteiger partial charge in [0, 0.05) is 6.61 Å². The van der Waals surface area contributed by atoms with E-state index >= 15 is 0 Å². The average molecular weight is 257 g/mol. The third-order valence-corrected chi connectivity index (χ3v) is 3.41. The van der Waals surface area contributed by atoms with Crippen molar-refractivity contribution in [2.75, 3.05) is 6.61 Å². The van der Waals surface area contributed by atoms with Crippen LogP contribution in [0.5, 0.6) is 0 Å². The van der Waals surface area contributed by atoms with Crippen LogP contribution in [0.1, 0.15) is 46.0 Å². The van der Waals surface area contributed by atoms with Gasteiger partial charge in [-0.25, -0.2) is 4.79 Å². The van der Waals surface area contributed by atoms with Crippen molar-refractivity contribution in [1.29, 1.82) is 0 Å². The zero-order valence-corrected chi connectivity index (χ0v) is 11.1. The van der Waals surface area contributed by atoms with Crippen molar-refractivity contribution in [3.63, 3.8) is 0 Å². The lowest BCUT2D eigenvalue weighted by atomic mass is 9.98. The molecule has 0 saturated carbocycles. The highest BCUT2D eigenvalue weighted by atomic mass is 16.5. The molecule has 1 fully saturated rings. The van der Waals surface area contributed by atoms with E-state index in [1.165, 1.54) is 0 Å². The maximum atomic E-state index is 12.0. The molecule has 1 rings (SSSR count). The van der Waals surface area contributed by atoms with Gasteiger partial charge in [0.15, 0.2) is 0 Å². The summed E-state index contributed by atoms with van der Waals surface area (Å²) in [5, 5.41) is 11.7. The van der Waals surface area contributed by atoms with Crippen LogP contribution in [0.25, 0.3) is 0 Å². The van der Waals surface area contributed by atoms with E-state index in [1.807, 2.05) is 13.8 Å². The molecule has 18 heavy (non-hydrogen) atoms. The summed E-state index contributed by atoms with van der Waals surface area (Å²) >= 11 is 0. The molecule has 0 aliphatic carbocycles. The molecule has 2 unspecified atom stereocenters. The third kappa shape index (κ3) is 3.98. The fourth-order valence-corrected chi connectivity index (χ4v) is 2.30. The average Bonchev–Trinajstić information content (AvgIpc) is 2.82. The summed E-state index contributed by atoms with van der Waals surface area (Å²) in [5.74, 6) is -1.33. The molecule has 2 N–H and O–H groups in total. The van der Waals surface area contributed by atoms with Gasteiger partial charge in [0.05, 0.1) is 12.0 Å². The lowest BCUT2D eigenvalue weighted by Gasteiger charge is -2.20. The molecule has 0 spiro atoms. The summed E-state index contributed by atoms with van der Waals surface area (Å²) in [7, 11) is 0. The van der Waals surface area contributed by atoms with E-state index in [0.29, 0.717) is 19.4 Å². The predicted molar refractivity (Wildman–Crippen MR) is 67.2 cm³/mol. The summed E-state index contributed by atoms with van der Waals surface area (Å²) in [4.78, 5) is 23.1. The summed E-state index contributed by atoms with van der Waals surface area (Å²) in [6.45, 7) is 4.56. The Morgan fingerprint density at radius 2 is 2.17 bits per heavy atom. The molecule has 1 aliphatic rings. The Morgan fingerprint density at radius 1 is 1.44 bits per heavy atom.